The van der Waals surface area contributed by atoms with Gasteiger partial charge in [-0.05, 0) is 66.7 Å². The molecule has 1 saturated carbocycles. The molecule has 4 nitrogen and oxygen atoms in total. The lowest BCUT2D eigenvalue weighted by molar-refractivity contribution is 0.717. The number of benzene rings is 1. The number of anilines is 1. The number of hydrogen-bond acceptors (Lipinski definition) is 4. The average Bonchev–Trinajstić information content (AvgIpc) is 3.07. The van der Waals surface area contributed by atoms with Crippen molar-refractivity contribution in [3.63, 3.8) is 0 Å². The molecule has 1 N–H and O–H groups in total. The normalized spacial score (nSPS) is 24.2. The molecule has 3 unspecified atom stereocenters. The van der Waals surface area contributed by atoms with Gasteiger partial charge in [-0.1, -0.05) is 24.3 Å². The van der Waals surface area contributed by atoms with E-state index >= 15 is 0 Å². The van der Waals surface area contributed by atoms with Gasteiger partial charge in [0.1, 0.15) is 5.82 Å². The molecule has 134 valence electrons. The largest absolute Gasteiger partial charge is 0.369 e. The number of hydrogen-bond donors (Lipinski definition) is 1. The van der Waals surface area contributed by atoms with E-state index in [0.29, 0.717) is 0 Å². The Balaban J connectivity index is 1.25. The van der Waals surface area contributed by atoms with Gasteiger partial charge in [0.25, 0.3) is 0 Å². The standard InChI is InChI=1S/C23H22N4/c1-2-5-16-15(4-1)12-18-19(21(16)18)13-25-23-17-6-3-7-20(17)26-22(27-23)14-8-10-24-11-9-14/h1-2,4-5,8-11,18-19,21H,3,6-7,12-13H2,(H,25,26,27). The van der Waals surface area contributed by atoms with Crippen LogP contribution in [-0.4, -0.2) is 21.5 Å². The Labute approximate surface area is 159 Å². The third-order valence-corrected chi connectivity index (χ3v) is 6.58. The monoisotopic (exact) mass is 354 g/mol. The molecular weight excluding hydrogens is 332 g/mol. The van der Waals surface area contributed by atoms with Crippen LogP contribution in [0.15, 0.2) is 48.8 Å². The maximum Gasteiger partial charge on any atom is 0.161 e. The molecule has 0 saturated heterocycles. The minimum Gasteiger partial charge on any atom is -0.369 e. The van der Waals surface area contributed by atoms with Gasteiger partial charge >= 0.3 is 0 Å². The van der Waals surface area contributed by atoms with E-state index in [1.165, 1.54) is 24.1 Å². The van der Waals surface area contributed by atoms with E-state index in [4.69, 9.17) is 9.97 Å². The molecule has 6 rings (SSSR count). The minimum absolute atomic E-state index is 0.747. The van der Waals surface area contributed by atoms with Gasteiger partial charge in [-0.25, -0.2) is 9.97 Å². The molecule has 0 radical (unpaired) electrons. The highest BCUT2D eigenvalue weighted by atomic mass is 15.0. The Kier molecular flexibility index (Phi) is 3.34. The summed E-state index contributed by atoms with van der Waals surface area (Å²) in [4.78, 5) is 13.9. The molecule has 27 heavy (non-hydrogen) atoms. The SMILES string of the molecule is c1ccc2c(c1)CC1C(CNc3nc(-c4ccncc4)nc4c3CCC4)C21. The third kappa shape index (κ3) is 2.47. The van der Waals surface area contributed by atoms with E-state index in [1.807, 2.05) is 24.5 Å². The fourth-order valence-corrected chi connectivity index (χ4v) is 5.19. The highest BCUT2D eigenvalue weighted by Crippen LogP contribution is 2.61. The zero-order valence-corrected chi connectivity index (χ0v) is 15.2. The molecule has 0 bridgehead atoms. The summed E-state index contributed by atoms with van der Waals surface area (Å²) in [6, 6.07) is 12.9. The minimum atomic E-state index is 0.747. The van der Waals surface area contributed by atoms with Crippen LogP contribution in [0.25, 0.3) is 11.4 Å². The van der Waals surface area contributed by atoms with Gasteiger partial charge in [0.2, 0.25) is 0 Å². The summed E-state index contributed by atoms with van der Waals surface area (Å²) in [6.07, 6.45) is 8.20. The zero-order chi connectivity index (χ0) is 17.8. The van der Waals surface area contributed by atoms with Crippen LogP contribution >= 0.6 is 0 Å². The molecule has 3 aromatic rings. The van der Waals surface area contributed by atoms with Gasteiger partial charge in [-0.15, -0.1) is 0 Å². The van der Waals surface area contributed by atoms with Crippen LogP contribution in [0.5, 0.6) is 0 Å². The maximum atomic E-state index is 4.90. The van der Waals surface area contributed by atoms with E-state index in [1.54, 1.807) is 11.1 Å². The van der Waals surface area contributed by atoms with Gasteiger partial charge in [0.05, 0.1) is 0 Å². The van der Waals surface area contributed by atoms with Crippen molar-refractivity contribution >= 4 is 5.82 Å². The van der Waals surface area contributed by atoms with Crippen molar-refractivity contribution in [2.45, 2.75) is 31.6 Å². The quantitative estimate of drug-likeness (QED) is 0.769. The van der Waals surface area contributed by atoms with Crippen LogP contribution in [0, 0.1) is 11.8 Å². The van der Waals surface area contributed by atoms with E-state index in [-0.39, 0.29) is 0 Å². The summed E-state index contributed by atoms with van der Waals surface area (Å²) in [7, 11) is 0. The lowest BCUT2D eigenvalue weighted by Crippen LogP contribution is -2.12. The van der Waals surface area contributed by atoms with Gasteiger partial charge in [-0.2, -0.15) is 0 Å². The molecule has 3 aliphatic rings. The van der Waals surface area contributed by atoms with Crippen molar-refractivity contribution in [3.8, 4) is 11.4 Å². The number of fused-ring (bicyclic) bond motifs is 4. The predicted molar refractivity (Wildman–Crippen MR) is 106 cm³/mol. The van der Waals surface area contributed by atoms with Crippen LogP contribution < -0.4 is 5.32 Å². The Morgan fingerprint density at radius 2 is 1.89 bits per heavy atom. The zero-order valence-electron chi connectivity index (χ0n) is 15.2. The van der Waals surface area contributed by atoms with Crippen LogP contribution in [0.3, 0.4) is 0 Å². The molecule has 2 aromatic heterocycles. The first-order chi connectivity index (χ1) is 13.4. The summed E-state index contributed by atoms with van der Waals surface area (Å²) in [5.74, 6) is 4.20. The summed E-state index contributed by atoms with van der Waals surface area (Å²) < 4.78 is 0. The first-order valence-corrected chi connectivity index (χ1v) is 10.0. The smallest absolute Gasteiger partial charge is 0.161 e. The molecule has 4 heteroatoms. The second-order valence-electron chi connectivity index (χ2n) is 8.05. The maximum absolute atomic E-state index is 4.90. The highest BCUT2D eigenvalue weighted by Gasteiger charge is 2.54. The van der Waals surface area contributed by atoms with Crippen LogP contribution in [0.1, 0.15) is 34.7 Å². The van der Waals surface area contributed by atoms with E-state index in [9.17, 15) is 0 Å². The Hall–Kier alpha value is -2.75. The summed E-state index contributed by atoms with van der Waals surface area (Å²) in [5.41, 5.74) is 6.74. The van der Waals surface area contributed by atoms with E-state index < -0.39 is 0 Å². The first kappa shape index (κ1) is 15.3. The molecule has 1 fully saturated rings. The molecule has 0 spiro atoms. The average molecular weight is 354 g/mol. The van der Waals surface area contributed by atoms with E-state index in [0.717, 1.165) is 54.3 Å². The third-order valence-electron chi connectivity index (χ3n) is 6.58. The molecule has 2 heterocycles. The molecule has 0 amide bonds. The van der Waals surface area contributed by atoms with Gasteiger partial charge in [-0.3, -0.25) is 4.98 Å². The Morgan fingerprint density at radius 3 is 2.81 bits per heavy atom. The molecule has 0 aliphatic heterocycles. The second kappa shape index (κ2) is 5.88. The van der Waals surface area contributed by atoms with Gasteiger partial charge in [0, 0.05) is 35.8 Å². The fourth-order valence-electron chi connectivity index (χ4n) is 5.19. The number of nitrogens with one attached hydrogen (secondary N) is 1. The lowest BCUT2D eigenvalue weighted by atomic mass is 10.0. The summed E-state index contributed by atoms with van der Waals surface area (Å²) in [6.45, 7) is 1.02. The first-order valence-electron chi connectivity index (χ1n) is 10.0. The van der Waals surface area contributed by atoms with Gasteiger partial charge < -0.3 is 5.32 Å². The van der Waals surface area contributed by atoms with Crippen molar-refractivity contribution in [1.82, 2.24) is 15.0 Å². The number of aromatic nitrogens is 3. The molecule has 3 aliphatic carbocycles. The van der Waals surface area contributed by atoms with Crippen molar-refractivity contribution in [2.75, 3.05) is 11.9 Å². The number of rotatable bonds is 4. The van der Waals surface area contributed by atoms with Crippen molar-refractivity contribution < 1.29 is 0 Å². The predicted octanol–water partition coefficient (Wildman–Crippen LogP) is 4.03. The summed E-state index contributed by atoms with van der Waals surface area (Å²) >= 11 is 0. The number of nitrogens with zero attached hydrogens (tertiary/aromatic N) is 3. The van der Waals surface area contributed by atoms with Crippen molar-refractivity contribution in [2.24, 2.45) is 11.8 Å². The van der Waals surface area contributed by atoms with Crippen LogP contribution in [0.2, 0.25) is 0 Å². The van der Waals surface area contributed by atoms with E-state index in [2.05, 4.69) is 34.6 Å². The lowest BCUT2D eigenvalue weighted by Gasteiger charge is -2.13. The second-order valence-corrected chi connectivity index (χ2v) is 8.05. The van der Waals surface area contributed by atoms with Crippen molar-refractivity contribution in [1.29, 1.82) is 0 Å². The summed E-state index contributed by atoms with van der Waals surface area (Å²) in [5, 5.41) is 3.71. The van der Waals surface area contributed by atoms with Gasteiger partial charge in [0.15, 0.2) is 5.82 Å². The Morgan fingerprint density at radius 1 is 1.00 bits per heavy atom. The number of pyridine rings is 1. The van der Waals surface area contributed by atoms with Crippen LogP contribution in [-0.2, 0) is 19.3 Å². The Bertz CT molecular complexity index is 1010. The molecular formula is C23H22N4. The number of aryl methyl sites for hydroxylation is 1. The molecule has 1 aromatic carbocycles. The van der Waals surface area contributed by atoms with Crippen LogP contribution in [0.4, 0.5) is 5.82 Å². The highest BCUT2D eigenvalue weighted by molar-refractivity contribution is 5.60. The topological polar surface area (TPSA) is 50.7 Å². The fraction of sp³-hybridized carbons (Fsp3) is 0.348. The van der Waals surface area contributed by atoms with Crippen molar-refractivity contribution in [3.05, 3.63) is 71.2 Å². The molecule has 3 atom stereocenters.